The van der Waals surface area contributed by atoms with Crippen LogP contribution in [0.2, 0.25) is 0 Å². The summed E-state index contributed by atoms with van der Waals surface area (Å²) in [5.74, 6) is 0.461. The normalized spacial score (nSPS) is 20.4. The number of rotatable bonds is 4. The monoisotopic (exact) mass is 336 g/mol. The van der Waals surface area contributed by atoms with Gasteiger partial charge in [-0.25, -0.2) is 0 Å². The topological polar surface area (TPSA) is 55.1 Å². The average molecular weight is 337 g/mol. The predicted octanol–water partition coefficient (Wildman–Crippen LogP) is 3.69. The van der Waals surface area contributed by atoms with Gasteiger partial charge in [-0.2, -0.15) is 0 Å². The summed E-state index contributed by atoms with van der Waals surface area (Å²) in [5.41, 5.74) is 7.89. The Morgan fingerprint density at radius 1 is 1.23 bits per heavy atom. The Morgan fingerprint density at radius 2 is 2.00 bits per heavy atom. The van der Waals surface area contributed by atoms with Crippen LogP contribution in [0.1, 0.15) is 28.9 Å². The van der Waals surface area contributed by atoms with E-state index >= 15 is 0 Å². The Morgan fingerprint density at radius 3 is 2.73 bits per heavy atom. The molecular formula is C17H21ClN2OS. The van der Waals surface area contributed by atoms with E-state index in [9.17, 15) is 4.79 Å². The van der Waals surface area contributed by atoms with Gasteiger partial charge < -0.3 is 11.1 Å². The molecule has 118 valence electrons. The summed E-state index contributed by atoms with van der Waals surface area (Å²) < 4.78 is 0. The van der Waals surface area contributed by atoms with Crippen molar-refractivity contribution in [2.45, 2.75) is 25.3 Å². The number of halogens is 1. The first-order valence-electron chi connectivity index (χ1n) is 7.43. The van der Waals surface area contributed by atoms with Crippen LogP contribution in [0.15, 0.2) is 41.8 Å². The van der Waals surface area contributed by atoms with Crippen LogP contribution < -0.4 is 11.1 Å². The molecule has 2 atom stereocenters. The van der Waals surface area contributed by atoms with Gasteiger partial charge >= 0.3 is 0 Å². The number of carbonyl (C=O) groups is 1. The number of nitrogens with one attached hydrogen (secondary N) is 1. The maximum absolute atomic E-state index is 12.6. The second-order valence-corrected chi connectivity index (χ2v) is 6.45. The molecule has 0 radical (unpaired) electrons. The van der Waals surface area contributed by atoms with Gasteiger partial charge in [0.15, 0.2) is 0 Å². The van der Waals surface area contributed by atoms with Crippen molar-refractivity contribution in [3.8, 4) is 11.1 Å². The number of hydrogen-bond donors (Lipinski definition) is 2. The second-order valence-electron chi connectivity index (χ2n) is 5.54. The van der Waals surface area contributed by atoms with E-state index in [-0.39, 0.29) is 24.4 Å². The molecule has 1 aromatic carbocycles. The van der Waals surface area contributed by atoms with Gasteiger partial charge in [0.05, 0.1) is 4.88 Å². The smallest absolute Gasteiger partial charge is 0.262 e. The zero-order chi connectivity index (χ0) is 14.7. The minimum Gasteiger partial charge on any atom is -0.348 e. The van der Waals surface area contributed by atoms with E-state index in [1.54, 1.807) is 0 Å². The fourth-order valence-corrected chi connectivity index (χ4v) is 3.89. The summed E-state index contributed by atoms with van der Waals surface area (Å²) in [6.45, 7) is 0.654. The van der Waals surface area contributed by atoms with Crippen molar-refractivity contribution in [1.82, 2.24) is 5.32 Å². The van der Waals surface area contributed by atoms with Crippen molar-refractivity contribution in [2.24, 2.45) is 11.7 Å². The first kappa shape index (κ1) is 17.0. The molecule has 3 N–H and O–H groups in total. The van der Waals surface area contributed by atoms with E-state index in [4.69, 9.17) is 5.73 Å². The molecule has 1 heterocycles. The molecular weight excluding hydrogens is 316 g/mol. The molecule has 1 aliphatic carbocycles. The molecule has 0 bridgehead atoms. The number of hydrogen-bond acceptors (Lipinski definition) is 3. The Hall–Kier alpha value is -1.36. The summed E-state index contributed by atoms with van der Waals surface area (Å²) in [7, 11) is 0. The molecule has 0 spiro atoms. The minimum atomic E-state index is 0. The van der Waals surface area contributed by atoms with Gasteiger partial charge in [-0.05, 0) is 42.3 Å². The number of carbonyl (C=O) groups excluding carboxylic acids is 1. The summed E-state index contributed by atoms with van der Waals surface area (Å²) in [6.07, 6.45) is 3.32. The van der Waals surface area contributed by atoms with Crippen LogP contribution in [-0.4, -0.2) is 18.5 Å². The van der Waals surface area contributed by atoms with Crippen LogP contribution >= 0.6 is 23.7 Å². The maximum Gasteiger partial charge on any atom is 0.262 e. The lowest BCUT2D eigenvalue weighted by molar-refractivity contribution is 0.0933. The fraction of sp³-hybridized carbons (Fsp3) is 0.353. The number of amides is 1. The minimum absolute atomic E-state index is 0. The molecule has 0 aliphatic heterocycles. The summed E-state index contributed by atoms with van der Waals surface area (Å²) >= 11 is 1.50. The van der Waals surface area contributed by atoms with Gasteiger partial charge in [-0.3, -0.25) is 4.79 Å². The summed E-state index contributed by atoms with van der Waals surface area (Å²) in [5, 5.41) is 5.16. The molecule has 1 saturated carbocycles. The quantitative estimate of drug-likeness (QED) is 0.894. The van der Waals surface area contributed by atoms with Gasteiger partial charge in [-0.1, -0.05) is 36.8 Å². The van der Waals surface area contributed by atoms with Crippen molar-refractivity contribution in [2.75, 3.05) is 6.54 Å². The van der Waals surface area contributed by atoms with Crippen LogP contribution in [0.4, 0.5) is 0 Å². The Labute approximate surface area is 141 Å². The highest BCUT2D eigenvalue weighted by Gasteiger charge is 2.28. The largest absolute Gasteiger partial charge is 0.348 e. The number of thiophene rings is 1. The van der Waals surface area contributed by atoms with Crippen LogP contribution in [0.5, 0.6) is 0 Å². The fourth-order valence-electron chi connectivity index (χ4n) is 3.07. The lowest BCUT2D eigenvalue weighted by atomic mass is 10.0. The van der Waals surface area contributed by atoms with Crippen molar-refractivity contribution in [3.63, 3.8) is 0 Å². The van der Waals surface area contributed by atoms with E-state index in [1.165, 1.54) is 11.3 Å². The molecule has 2 unspecified atom stereocenters. The lowest BCUT2D eigenvalue weighted by Crippen LogP contribution is -2.39. The number of benzene rings is 1. The number of nitrogens with two attached hydrogens (primary N) is 1. The lowest BCUT2D eigenvalue weighted by Gasteiger charge is -2.19. The van der Waals surface area contributed by atoms with Gasteiger partial charge in [0.1, 0.15) is 0 Å². The van der Waals surface area contributed by atoms with Crippen molar-refractivity contribution in [3.05, 3.63) is 46.7 Å². The average Bonchev–Trinajstić information content (AvgIpc) is 3.16. The van der Waals surface area contributed by atoms with Gasteiger partial charge in [0.2, 0.25) is 0 Å². The standard InChI is InChI=1S/C17H20N2OS.ClH/c18-11-13-7-4-8-15(13)19-17(20)16-14(9-10-21-16)12-5-2-1-3-6-12;/h1-3,5-6,9-10,13,15H,4,7-8,11,18H2,(H,19,20);1H. The highest BCUT2D eigenvalue weighted by molar-refractivity contribution is 7.12. The molecule has 1 aromatic heterocycles. The Balaban J connectivity index is 0.00000176. The first-order chi connectivity index (χ1) is 10.3. The zero-order valence-corrected chi connectivity index (χ0v) is 14.0. The SMILES string of the molecule is Cl.NCC1CCCC1NC(=O)c1sccc1-c1ccccc1. The van der Waals surface area contributed by atoms with Gasteiger partial charge in [0, 0.05) is 11.6 Å². The van der Waals surface area contributed by atoms with Crippen molar-refractivity contribution >= 4 is 29.7 Å². The third-order valence-corrected chi connectivity index (χ3v) is 5.15. The molecule has 5 heteroatoms. The molecule has 2 aromatic rings. The zero-order valence-electron chi connectivity index (χ0n) is 12.3. The Kier molecular flexibility index (Phi) is 6.00. The van der Waals surface area contributed by atoms with Crippen LogP contribution in [0, 0.1) is 5.92 Å². The molecule has 0 saturated heterocycles. The Bertz CT molecular complexity index is 614. The third kappa shape index (κ3) is 3.51. The molecule has 1 fully saturated rings. The molecule has 1 amide bonds. The van der Waals surface area contributed by atoms with Crippen LogP contribution in [0.25, 0.3) is 11.1 Å². The van der Waals surface area contributed by atoms with E-state index in [1.807, 2.05) is 41.8 Å². The molecule has 3 rings (SSSR count). The highest BCUT2D eigenvalue weighted by atomic mass is 35.5. The highest BCUT2D eigenvalue weighted by Crippen LogP contribution is 2.30. The third-order valence-electron chi connectivity index (χ3n) is 4.23. The second kappa shape index (κ2) is 7.77. The molecule has 22 heavy (non-hydrogen) atoms. The molecule has 3 nitrogen and oxygen atoms in total. The van der Waals surface area contributed by atoms with Crippen molar-refractivity contribution in [1.29, 1.82) is 0 Å². The van der Waals surface area contributed by atoms with E-state index in [2.05, 4.69) is 5.32 Å². The van der Waals surface area contributed by atoms with Crippen LogP contribution in [-0.2, 0) is 0 Å². The maximum atomic E-state index is 12.6. The first-order valence-corrected chi connectivity index (χ1v) is 8.31. The van der Waals surface area contributed by atoms with Gasteiger partial charge in [0.25, 0.3) is 5.91 Å². The van der Waals surface area contributed by atoms with E-state index in [0.29, 0.717) is 12.5 Å². The summed E-state index contributed by atoms with van der Waals surface area (Å²) in [4.78, 5) is 13.4. The van der Waals surface area contributed by atoms with Crippen LogP contribution in [0.3, 0.4) is 0 Å². The van der Waals surface area contributed by atoms with E-state index in [0.717, 1.165) is 35.3 Å². The van der Waals surface area contributed by atoms with Gasteiger partial charge in [-0.15, -0.1) is 23.7 Å². The predicted molar refractivity (Wildman–Crippen MR) is 94.7 cm³/mol. The van der Waals surface area contributed by atoms with E-state index < -0.39 is 0 Å². The molecule has 1 aliphatic rings. The van der Waals surface area contributed by atoms with Crippen molar-refractivity contribution < 1.29 is 4.79 Å². The summed E-state index contributed by atoms with van der Waals surface area (Å²) in [6, 6.07) is 12.3.